The number of amides is 1. The van der Waals surface area contributed by atoms with Crippen molar-refractivity contribution >= 4 is 23.4 Å². The molecule has 1 saturated heterocycles. The lowest BCUT2D eigenvalue weighted by atomic mass is 10.0. The highest BCUT2D eigenvalue weighted by Gasteiger charge is 2.33. The molecule has 1 aliphatic rings. The third-order valence-electron chi connectivity index (χ3n) is 2.93. The SMILES string of the molecule is CNC1SCC(=O)N1c1ccccc1C(C)C. The molecule has 92 valence electrons. The van der Waals surface area contributed by atoms with Gasteiger partial charge in [-0.3, -0.25) is 15.0 Å². The van der Waals surface area contributed by atoms with Crippen LogP contribution < -0.4 is 10.2 Å². The first-order valence-electron chi connectivity index (χ1n) is 5.85. The lowest BCUT2D eigenvalue weighted by Gasteiger charge is -2.26. The molecule has 1 aromatic rings. The van der Waals surface area contributed by atoms with Crippen LogP contribution in [0.5, 0.6) is 0 Å². The number of nitrogens with zero attached hydrogens (tertiary/aromatic N) is 1. The number of thioether (sulfide) groups is 1. The number of hydrogen-bond acceptors (Lipinski definition) is 3. The Morgan fingerprint density at radius 2 is 2.12 bits per heavy atom. The van der Waals surface area contributed by atoms with Gasteiger partial charge < -0.3 is 0 Å². The molecule has 4 heteroatoms. The van der Waals surface area contributed by atoms with Crippen LogP contribution in [0, 0.1) is 0 Å². The quantitative estimate of drug-likeness (QED) is 0.894. The summed E-state index contributed by atoms with van der Waals surface area (Å²) in [5.41, 5.74) is 2.32. The second kappa shape index (κ2) is 5.10. The van der Waals surface area contributed by atoms with Crippen molar-refractivity contribution in [1.82, 2.24) is 5.32 Å². The molecule has 17 heavy (non-hydrogen) atoms. The van der Waals surface area contributed by atoms with Gasteiger partial charge in [0.25, 0.3) is 0 Å². The predicted octanol–water partition coefficient (Wildman–Crippen LogP) is 2.39. The molecule has 1 atom stereocenters. The van der Waals surface area contributed by atoms with E-state index in [1.807, 2.05) is 30.1 Å². The Labute approximate surface area is 107 Å². The highest BCUT2D eigenvalue weighted by molar-refractivity contribution is 8.01. The van der Waals surface area contributed by atoms with Crippen LogP contribution in [0.3, 0.4) is 0 Å². The molecule has 0 bridgehead atoms. The maximum Gasteiger partial charge on any atom is 0.239 e. The van der Waals surface area contributed by atoms with Gasteiger partial charge in [0.2, 0.25) is 5.91 Å². The van der Waals surface area contributed by atoms with Gasteiger partial charge in [-0.1, -0.05) is 32.0 Å². The second-order valence-corrected chi connectivity index (χ2v) is 5.50. The lowest BCUT2D eigenvalue weighted by molar-refractivity contribution is -0.115. The van der Waals surface area contributed by atoms with Crippen molar-refractivity contribution in [2.45, 2.75) is 25.3 Å². The minimum atomic E-state index is 0.0578. The lowest BCUT2D eigenvalue weighted by Crippen LogP contribution is -2.40. The second-order valence-electron chi connectivity index (χ2n) is 4.43. The average Bonchev–Trinajstić information content (AvgIpc) is 2.70. The van der Waals surface area contributed by atoms with E-state index >= 15 is 0 Å². The third-order valence-corrected chi connectivity index (χ3v) is 4.11. The van der Waals surface area contributed by atoms with Crippen molar-refractivity contribution in [3.05, 3.63) is 29.8 Å². The normalized spacial score (nSPS) is 20.4. The molecule has 0 saturated carbocycles. The summed E-state index contributed by atoms with van der Waals surface area (Å²) in [6.45, 7) is 4.31. The van der Waals surface area contributed by atoms with Crippen LogP contribution in [0.2, 0.25) is 0 Å². The number of anilines is 1. The average molecular weight is 250 g/mol. The highest BCUT2D eigenvalue weighted by Crippen LogP contribution is 2.34. The Morgan fingerprint density at radius 3 is 2.76 bits per heavy atom. The highest BCUT2D eigenvalue weighted by atomic mass is 32.2. The summed E-state index contributed by atoms with van der Waals surface area (Å²) < 4.78 is 0. The van der Waals surface area contributed by atoms with E-state index in [4.69, 9.17) is 0 Å². The molecule has 1 amide bonds. The molecular formula is C13H18N2OS. The van der Waals surface area contributed by atoms with E-state index in [1.54, 1.807) is 11.8 Å². The summed E-state index contributed by atoms with van der Waals surface area (Å²) in [6.07, 6.45) is 0. The maximum absolute atomic E-state index is 12.0. The molecule has 0 spiro atoms. The van der Waals surface area contributed by atoms with E-state index in [9.17, 15) is 4.79 Å². The van der Waals surface area contributed by atoms with Crippen molar-refractivity contribution in [3.8, 4) is 0 Å². The fourth-order valence-electron chi connectivity index (χ4n) is 2.09. The monoisotopic (exact) mass is 250 g/mol. The van der Waals surface area contributed by atoms with Crippen molar-refractivity contribution in [3.63, 3.8) is 0 Å². The molecule has 1 aliphatic heterocycles. The van der Waals surface area contributed by atoms with Gasteiger partial charge in [-0.15, -0.1) is 11.8 Å². The molecule has 1 unspecified atom stereocenters. The van der Waals surface area contributed by atoms with E-state index < -0.39 is 0 Å². The number of hydrogen-bond donors (Lipinski definition) is 1. The summed E-state index contributed by atoms with van der Waals surface area (Å²) in [7, 11) is 1.89. The first kappa shape index (κ1) is 12.5. The number of rotatable bonds is 3. The van der Waals surface area contributed by atoms with Gasteiger partial charge in [-0.05, 0) is 24.6 Å². The topological polar surface area (TPSA) is 32.3 Å². The van der Waals surface area contributed by atoms with Crippen LogP contribution in [0.4, 0.5) is 5.69 Å². The fraction of sp³-hybridized carbons (Fsp3) is 0.462. The number of nitrogens with one attached hydrogen (secondary N) is 1. The minimum Gasteiger partial charge on any atom is -0.291 e. The molecule has 0 aliphatic carbocycles. The largest absolute Gasteiger partial charge is 0.291 e. The van der Waals surface area contributed by atoms with E-state index in [0.717, 1.165) is 5.69 Å². The standard InChI is InChI=1S/C13H18N2OS/c1-9(2)10-6-4-5-7-11(10)15-12(16)8-17-13(15)14-3/h4-7,9,13-14H,8H2,1-3H3. The third kappa shape index (κ3) is 2.33. The Bertz CT molecular complexity index is 420. The zero-order valence-corrected chi connectivity index (χ0v) is 11.3. The zero-order chi connectivity index (χ0) is 12.4. The van der Waals surface area contributed by atoms with Gasteiger partial charge in [-0.2, -0.15) is 0 Å². The summed E-state index contributed by atoms with van der Waals surface area (Å²) in [6, 6.07) is 8.15. The van der Waals surface area contributed by atoms with Gasteiger partial charge in [0.15, 0.2) is 0 Å². The number of carbonyl (C=O) groups is 1. The molecular weight excluding hydrogens is 232 g/mol. The van der Waals surface area contributed by atoms with E-state index in [0.29, 0.717) is 11.7 Å². The van der Waals surface area contributed by atoms with E-state index in [2.05, 4.69) is 25.2 Å². The molecule has 1 N–H and O–H groups in total. The maximum atomic E-state index is 12.0. The van der Waals surface area contributed by atoms with Crippen molar-refractivity contribution in [1.29, 1.82) is 0 Å². The van der Waals surface area contributed by atoms with Gasteiger partial charge in [0, 0.05) is 5.69 Å². The van der Waals surface area contributed by atoms with Crippen LogP contribution in [0.15, 0.2) is 24.3 Å². The van der Waals surface area contributed by atoms with Crippen molar-refractivity contribution in [2.24, 2.45) is 0 Å². The summed E-state index contributed by atoms with van der Waals surface area (Å²) in [5, 5.41) is 3.18. The minimum absolute atomic E-state index is 0.0578. The number of carbonyl (C=O) groups excluding carboxylic acids is 1. The smallest absolute Gasteiger partial charge is 0.239 e. The molecule has 1 aromatic carbocycles. The van der Waals surface area contributed by atoms with E-state index in [-0.39, 0.29) is 11.4 Å². The first-order valence-corrected chi connectivity index (χ1v) is 6.90. The van der Waals surface area contributed by atoms with Crippen LogP contribution in [0.25, 0.3) is 0 Å². The van der Waals surface area contributed by atoms with Crippen molar-refractivity contribution < 1.29 is 4.79 Å². The van der Waals surface area contributed by atoms with Crippen LogP contribution in [-0.2, 0) is 4.79 Å². The van der Waals surface area contributed by atoms with Gasteiger partial charge in [0.1, 0.15) is 5.50 Å². The Morgan fingerprint density at radius 1 is 1.41 bits per heavy atom. The van der Waals surface area contributed by atoms with Crippen molar-refractivity contribution in [2.75, 3.05) is 17.7 Å². The fourth-order valence-corrected chi connectivity index (χ4v) is 3.08. The number of para-hydroxylation sites is 1. The molecule has 1 fully saturated rings. The Kier molecular flexibility index (Phi) is 3.74. The molecule has 2 rings (SSSR count). The number of benzene rings is 1. The molecule has 0 radical (unpaired) electrons. The van der Waals surface area contributed by atoms with Crippen LogP contribution in [-0.4, -0.2) is 24.2 Å². The Hall–Kier alpha value is -1.00. The summed E-state index contributed by atoms with van der Waals surface area (Å²) >= 11 is 1.64. The summed E-state index contributed by atoms with van der Waals surface area (Å²) in [4.78, 5) is 13.9. The van der Waals surface area contributed by atoms with Crippen LogP contribution in [0.1, 0.15) is 25.3 Å². The molecule has 3 nitrogen and oxygen atoms in total. The Balaban J connectivity index is 2.41. The van der Waals surface area contributed by atoms with Crippen LogP contribution >= 0.6 is 11.8 Å². The zero-order valence-electron chi connectivity index (χ0n) is 10.4. The van der Waals surface area contributed by atoms with Gasteiger partial charge >= 0.3 is 0 Å². The van der Waals surface area contributed by atoms with Gasteiger partial charge in [0.05, 0.1) is 5.75 Å². The predicted molar refractivity (Wildman–Crippen MR) is 73.3 cm³/mol. The van der Waals surface area contributed by atoms with Gasteiger partial charge in [-0.25, -0.2) is 0 Å². The first-order chi connectivity index (χ1) is 8.15. The molecule has 0 aromatic heterocycles. The summed E-state index contributed by atoms with van der Waals surface area (Å²) in [5.74, 6) is 1.15. The molecule has 1 heterocycles. The van der Waals surface area contributed by atoms with E-state index in [1.165, 1.54) is 5.56 Å².